The van der Waals surface area contributed by atoms with E-state index < -0.39 is 0 Å². The molecule has 0 aromatic carbocycles. The van der Waals surface area contributed by atoms with Crippen LogP contribution >= 0.6 is 0 Å². The number of fused-ring (bicyclic) bond motifs is 1. The lowest BCUT2D eigenvalue weighted by molar-refractivity contribution is 0.0646. The molecule has 3 rings (SSSR count). The number of carbonyl (C=O) groups excluding carboxylic acids is 1. The maximum atomic E-state index is 12.7. The molecule has 0 aliphatic carbocycles. The van der Waals surface area contributed by atoms with E-state index in [1.807, 2.05) is 6.92 Å². The number of aryl methyl sites for hydroxylation is 1. The fourth-order valence-electron chi connectivity index (χ4n) is 2.79. The largest absolute Gasteiger partial charge is 0.394 e. The summed E-state index contributed by atoms with van der Waals surface area (Å²) in [6, 6.07) is -0.117. The van der Waals surface area contributed by atoms with Crippen LogP contribution in [0, 0.1) is 12.8 Å². The molecule has 2 aromatic rings. The van der Waals surface area contributed by atoms with Gasteiger partial charge in [0.1, 0.15) is 6.33 Å². The highest BCUT2D eigenvalue weighted by atomic mass is 16.3. The van der Waals surface area contributed by atoms with Crippen LogP contribution in [0.2, 0.25) is 0 Å². The number of amides is 1. The predicted molar refractivity (Wildman–Crippen MR) is 71.2 cm³/mol. The molecular formula is C13H17N5O2. The summed E-state index contributed by atoms with van der Waals surface area (Å²) in [7, 11) is 0. The molecule has 7 nitrogen and oxygen atoms in total. The number of aliphatic hydroxyl groups excluding tert-OH is 1. The maximum absolute atomic E-state index is 12.7. The molecule has 106 valence electrons. The van der Waals surface area contributed by atoms with Crippen molar-refractivity contribution in [2.45, 2.75) is 26.3 Å². The van der Waals surface area contributed by atoms with Crippen molar-refractivity contribution in [3.8, 4) is 0 Å². The van der Waals surface area contributed by atoms with Crippen molar-refractivity contribution in [2.24, 2.45) is 5.92 Å². The number of carbonyl (C=O) groups is 1. The molecule has 1 fully saturated rings. The van der Waals surface area contributed by atoms with E-state index in [0.29, 0.717) is 29.5 Å². The Kier molecular flexibility index (Phi) is 3.13. The number of hydrogen-bond acceptors (Lipinski definition) is 5. The molecule has 7 heteroatoms. The Bertz CT molecular complexity index is 653. The summed E-state index contributed by atoms with van der Waals surface area (Å²) in [5.41, 5.74) is 1.23. The first-order valence-corrected chi connectivity index (χ1v) is 6.70. The third-order valence-electron chi connectivity index (χ3n) is 4.11. The van der Waals surface area contributed by atoms with Crippen molar-refractivity contribution in [1.29, 1.82) is 0 Å². The Morgan fingerprint density at radius 3 is 3.05 bits per heavy atom. The molecule has 2 aromatic heterocycles. The Labute approximate surface area is 116 Å². The average molecular weight is 275 g/mol. The van der Waals surface area contributed by atoms with Crippen LogP contribution in [0.4, 0.5) is 0 Å². The molecule has 0 bridgehead atoms. The Morgan fingerprint density at radius 1 is 1.50 bits per heavy atom. The highest BCUT2D eigenvalue weighted by molar-refractivity contribution is 5.95. The maximum Gasteiger partial charge on any atom is 0.257 e. The monoisotopic (exact) mass is 275 g/mol. The third kappa shape index (κ3) is 1.85. The van der Waals surface area contributed by atoms with Gasteiger partial charge in [-0.05, 0) is 19.3 Å². The molecule has 0 radical (unpaired) electrons. The van der Waals surface area contributed by atoms with Crippen LogP contribution in [-0.2, 0) is 0 Å². The van der Waals surface area contributed by atoms with Gasteiger partial charge in [0.25, 0.3) is 11.7 Å². The summed E-state index contributed by atoms with van der Waals surface area (Å²) in [5.74, 6) is 0.690. The average Bonchev–Trinajstić information content (AvgIpc) is 3.05. The molecule has 2 atom stereocenters. The number of rotatable bonds is 2. The summed E-state index contributed by atoms with van der Waals surface area (Å²) < 4.78 is 1.56. The predicted octanol–water partition coefficient (Wildman–Crippen LogP) is 0.276. The summed E-state index contributed by atoms with van der Waals surface area (Å²) in [4.78, 5) is 22.5. The molecule has 1 aliphatic heterocycles. The third-order valence-corrected chi connectivity index (χ3v) is 4.11. The first-order chi connectivity index (χ1) is 9.63. The van der Waals surface area contributed by atoms with Crippen LogP contribution in [0.3, 0.4) is 0 Å². The summed E-state index contributed by atoms with van der Waals surface area (Å²) in [6.07, 6.45) is 3.87. The lowest BCUT2D eigenvalue weighted by Crippen LogP contribution is -2.40. The number of hydrogen-bond donors (Lipinski definition) is 1. The van der Waals surface area contributed by atoms with E-state index in [2.05, 4.69) is 22.0 Å². The lowest BCUT2D eigenvalue weighted by atomic mass is 10.0. The summed E-state index contributed by atoms with van der Waals surface area (Å²) >= 11 is 0. The minimum atomic E-state index is -0.117. The van der Waals surface area contributed by atoms with Crippen LogP contribution in [0.15, 0.2) is 12.5 Å². The van der Waals surface area contributed by atoms with Gasteiger partial charge in [-0.3, -0.25) is 4.79 Å². The Hall–Kier alpha value is -2.02. The van der Waals surface area contributed by atoms with Gasteiger partial charge in [-0.15, -0.1) is 0 Å². The molecule has 2 unspecified atom stereocenters. The molecule has 20 heavy (non-hydrogen) atoms. The molecule has 1 aliphatic rings. The zero-order chi connectivity index (χ0) is 14.3. The fraction of sp³-hybridized carbons (Fsp3) is 0.538. The van der Waals surface area contributed by atoms with Crippen molar-refractivity contribution >= 4 is 11.7 Å². The number of aromatic nitrogens is 4. The zero-order valence-corrected chi connectivity index (χ0v) is 11.5. The second kappa shape index (κ2) is 4.82. The molecule has 1 N–H and O–H groups in total. The quantitative estimate of drug-likeness (QED) is 0.851. The van der Waals surface area contributed by atoms with E-state index in [1.165, 1.54) is 6.33 Å². The van der Waals surface area contributed by atoms with Crippen molar-refractivity contribution in [1.82, 2.24) is 24.5 Å². The van der Waals surface area contributed by atoms with E-state index in [-0.39, 0.29) is 18.6 Å². The van der Waals surface area contributed by atoms with E-state index in [4.69, 9.17) is 0 Å². The summed E-state index contributed by atoms with van der Waals surface area (Å²) in [5, 5.41) is 13.5. The minimum Gasteiger partial charge on any atom is -0.394 e. The first kappa shape index (κ1) is 13.0. The number of nitrogens with zero attached hydrogens (tertiary/aromatic N) is 5. The molecule has 1 saturated heterocycles. The number of aliphatic hydroxyl groups is 1. The van der Waals surface area contributed by atoms with Gasteiger partial charge in [0.05, 0.1) is 23.9 Å². The van der Waals surface area contributed by atoms with Gasteiger partial charge in [-0.1, -0.05) is 6.92 Å². The van der Waals surface area contributed by atoms with Gasteiger partial charge < -0.3 is 10.0 Å². The highest BCUT2D eigenvalue weighted by Gasteiger charge is 2.35. The minimum absolute atomic E-state index is 0.00898. The smallest absolute Gasteiger partial charge is 0.257 e. The fourth-order valence-corrected chi connectivity index (χ4v) is 2.79. The van der Waals surface area contributed by atoms with Crippen molar-refractivity contribution < 1.29 is 9.90 Å². The van der Waals surface area contributed by atoms with Crippen LogP contribution in [0.1, 0.15) is 29.4 Å². The Balaban J connectivity index is 1.98. The first-order valence-electron chi connectivity index (χ1n) is 6.70. The normalized spacial score (nSPS) is 22.6. The van der Waals surface area contributed by atoms with Gasteiger partial charge in [-0.2, -0.15) is 10.1 Å². The van der Waals surface area contributed by atoms with Crippen molar-refractivity contribution in [2.75, 3.05) is 13.2 Å². The second-order valence-corrected chi connectivity index (χ2v) is 5.24. The Morgan fingerprint density at radius 2 is 2.30 bits per heavy atom. The van der Waals surface area contributed by atoms with Gasteiger partial charge in [0, 0.05) is 12.7 Å². The van der Waals surface area contributed by atoms with Gasteiger partial charge in [-0.25, -0.2) is 9.50 Å². The standard InChI is InChI=1S/C13H17N5O2/c1-8-3-4-17(11(8)6-19)12(20)10-5-14-13-15-7-16-18(13)9(10)2/h5,7-8,11,19H,3-4,6H2,1-2H3. The SMILES string of the molecule is Cc1c(C(=O)N2CCC(C)C2CO)cnc2ncnn12. The topological polar surface area (TPSA) is 83.6 Å². The highest BCUT2D eigenvalue weighted by Crippen LogP contribution is 2.25. The molecule has 3 heterocycles. The van der Waals surface area contributed by atoms with Crippen molar-refractivity contribution in [3.63, 3.8) is 0 Å². The second-order valence-electron chi connectivity index (χ2n) is 5.24. The van der Waals surface area contributed by atoms with E-state index in [9.17, 15) is 9.90 Å². The zero-order valence-electron chi connectivity index (χ0n) is 11.5. The van der Waals surface area contributed by atoms with Crippen LogP contribution < -0.4 is 0 Å². The van der Waals surface area contributed by atoms with Gasteiger partial charge in [0.2, 0.25) is 0 Å². The molecule has 0 saturated carbocycles. The molecule has 1 amide bonds. The van der Waals surface area contributed by atoms with Crippen molar-refractivity contribution in [3.05, 3.63) is 23.8 Å². The van der Waals surface area contributed by atoms with E-state index in [0.717, 1.165) is 6.42 Å². The van der Waals surface area contributed by atoms with E-state index >= 15 is 0 Å². The summed E-state index contributed by atoms with van der Waals surface area (Å²) in [6.45, 7) is 4.54. The van der Waals surface area contributed by atoms with E-state index in [1.54, 1.807) is 15.6 Å². The van der Waals surface area contributed by atoms with Crippen LogP contribution in [-0.4, -0.2) is 54.7 Å². The number of likely N-dealkylation sites (tertiary alicyclic amines) is 1. The lowest BCUT2D eigenvalue weighted by Gasteiger charge is -2.25. The van der Waals surface area contributed by atoms with Gasteiger partial charge in [0.15, 0.2) is 0 Å². The van der Waals surface area contributed by atoms with Gasteiger partial charge >= 0.3 is 0 Å². The molecule has 0 spiro atoms. The molecular weight excluding hydrogens is 258 g/mol. The van der Waals surface area contributed by atoms with Crippen LogP contribution in [0.25, 0.3) is 5.78 Å². The van der Waals surface area contributed by atoms with Crippen LogP contribution in [0.5, 0.6) is 0 Å².